The van der Waals surface area contributed by atoms with Crippen molar-refractivity contribution in [2.24, 2.45) is 5.73 Å². The number of piperidine rings is 1. The molecule has 0 amide bonds. The highest BCUT2D eigenvalue weighted by atomic mass is 35.5. The van der Waals surface area contributed by atoms with E-state index in [1.165, 1.54) is 38.8 Å². The lowest BCUT2D eigenvalue weighted by Crippen LogP contribution is -2.48. The number of nitrogens with zero attached hydrogens (tertiary/aromatic N) is 1. The molecular weight excluding hydrogens is 160 g/mol. The highest BCUT2D eigenvalue weighted by Gasteiger charge is 2.31. The van der Waals surface area contributed by atoms with Crippen LogP contribution in [0.2, 0.25) is 0 Å². The second-order valence-electron chi connectivity index (χ2n) is 3.55. The second-order valence-corrected chi connectivity index (χ2v) is 3.55. The fourth-order valence-electron chi connectivity index (χ4n) is 2.34. The number of halogens is 1. The van der Waals surface area contributed by atoms with E-state index in [0.29, 0.717) is 6.04 Å². The minimum absolute atomic E-state index is 0. The fraction of sp³-hybridized carbons (Fsp3) is 1.00. The quantitative estimate of drug-likeness (QED) is 0.597. The number of nitrogens with two attached hydrogens (primary N) is 1. The molecule has 3 heteroatoms. The first-order valence-corrected chi connectivity index (χ1v) is 4.37. The van der Waals surface area contributed by atoms with Crippen LogP contribution in [0.5, 0.6) is 0 Å². The molecule has 2 heterocycles. The van der Waals surface area contributed by atoms with Crippen molar-refractivity contribution in [3.63, 3.8) is 0 Å². The summed E-state index contributed by atoms with van der Waals surface area (Å²) in [5.74, 6) is 0. The summed E-state index contributed by atoms with van der Waals surface area (Å²) < 4.78 is 0. The van der Waals surface area contributed by atoms with Gasteiger partial charge >= 0.3 is 0 Å². The third-order valence-corrected chi connectivity index (χ3v) is 2.89. The van der Waals surface area contributed by atoms with Gasteiger partial charge in [0.1, 0.15) is 0 Å². The summed E-state index contributed by atoms with van der Waals surface area (Å²) in [7, 11) is 0. The van der Waals surface area contributed by atoms with Crippen molar-refractivity contribution in [2.75, 3.05) is 13.1 Å². The molecule has 2 unspecified atom stereocenters. The van der Waals surface area contributed by atoms with Gasteiger partial charge in [0.2, 0.25) is 0 Å². The zero-order valence-electron chi connectivity index (χ0n) is 6.83. The smallest absolute Gasteiger partial charge is 0.0247 e. The molecule has 2 aliphatic rings. The molecule has 0 spiro atoms. The summed E-state index contributed by atoms with van der Waals surface area (Å²) >= 11 is 0. The van der Waals surface area contributed by atoms with Crippen molar-refractivity contribution in [2.45, 2.75) is 37.8 Å². The summed E-state index contributed by atoms with van der Waals surface area (Å²) in [6, 6.07) is 1.23. The molecule has 0 aromatic carbocycles. The molecule has 0 aliphatic carbocycles. The molecule has 0 bridgehead atoms. The van der Waals surface area contributed by atoms with Crippen LogP contribution >= 0.6 is 12.4 Å². The van der Waals surface area contributed by atoms with Crippen molar-refractivity contribution < 1.29 is 0 Å². The summed E-state index contributed by atoms with van der Waals surface area (Å²) in [6.45, 7) is 2.61. The molecule has 0 saturated carbocycles. The highest BCUT2D eigenvalue weighted by molar-refractivity contribution is 5.85. The average Bonchev–Trinajstić information content (AvgIpc) is 2.36. The Labute approximate surface area is 74.5 Å². The first-order valence-electron chi connectivity index (χ1n) is 4.37. The number of fused-ring (bicyclic) bond motifs is 1. The van der Waals surface area contributed by atoms with Gasteiger partial charge in [0.25, 0.3) is 0 Å². The predicted octanol–water partition coefficient (Wildman–Crippen LogP) is 0.994. The van der Waals surface area contributed by atoms with Gasteiger partial charge in [-0.3, -0.25) is 4.90 Å². The van der Waals surface area contributed by atoms with Gasteiger partial charge in [-0.05, 0) is 38.8 Å². The molecule has 0 aromatic rings. The van der Waals surface area contributed by atoms with Crippen LogP contribution in [0.4, 0.5) is 0 Å². The maximum Gasteiger partial charge on any atom is 0.0247 e. The van der Waals surface area contributed by atoms with E-state index < -0.39 is 0 Å². The van der Waals surface area contributed by atoms with E-state index in [1.54, 1.807) is 0 Å². The monoisotopic (exact) mass is 176 g/mol. The molecule has 0 aromatic heterocycles. The molecule has 2 N–H and O–H groups in total. The third kappa shape index (κ3) is 1.68. The molecule has 2 saturated heterocycles. The van der Waals surface area contributed by atoms with Gasteiger partial charge in [0.15, 0.2) is 0 Å². The van der Waals surface area contributed by atoms with E-state index >= 15 is 0 Å². The zero-order valence-corrected chi connectivity index (χ0v) is 7.65. The number of hydrogen-bond acceptors (Lipinski definition) is 2. The Morgan fingerprint density at radius 3 is 2.36 bits per heavy atom. The molecule has 2 nitrogen and oxygen atoms in total. The van der Waals surface area contributed by atoms with Crippen LogP contribution < -0.4 is 5.73 Å². The van der Waals surface area contributed by atoms with Crippen LogP contribution in [0, 0.1) is 0 Å². The second kappa shape index (κ2) is 3.74. The topological polar surface area (TPSA) is 29.3 Å². The van der Waals surface area contributed by atoms with Crippen LogP contribution in [-0.4, -0.2) is 30.1 Å². The van der Waals surface area contributed by atoms with Gasteiger partial charge in [-0.2, -0.15) is 0 Å². The maximum absolute atomic E-state index is 5.98. The van der Waals surface area contributed by atoms with E-state index in [4.69, 9.17) is 5.73 Å². The summed E-state index contributed by atoms with van der Waals surface area (Å²) in [5, 5.41) is 0. The van der Waals surface area contributed by atoms with Gasteiger partial charge < -0.3 is 5.73 Å². The zero-order chi connectivity index (χ0) is 6.97. The summed E-state index contributed by atoms with van der Waals surface area (Å²) in [4.78, 5) is 2.56. The van der Waals surface area contributed by atoms with Crippen LogP contribution in [0.3, 0.4) is 0 Å². The molecule has 66 valence electrons. The standard InChI is InChI=1S/C8H16N2.ClH/c9-7-3-1-5-10-6-2-4-8(7)10;/h7-8H,1-6,9H2;1H. The highest BCUT2D eigenvalue weighted by Crippen LogP contribution is 2.25. The van der Waals surface area contributed by atoms with Crippen molar-refractivity contribution in [3.8, 4) is 0 Å². The Bertz CT molecular complexity index is 129. The fourth-order valence-corrected chi connectivity index (χ4v) is 2.34. The lowest BCUT2D eigenvalue weighted by molar-refractivity contribution is 0.174. The Morgan fingerprint density at radius 2 is 1.73 bits per heavy atom. The third-order valence-electron chi connectivity index (χ3n) is 2.89. The largest absolute Gasteiger partial charge is 0.326 e. The van der Waals surface area contributed by atoms with Crippen LogP contribution in [0.15, 0.2) is 0 Å². The lowest BCUT2D eigenvalue weighted by Gasteiger charge is -2.34. The van der Waals surface area contributed by atoms with Gasteiger partial charge in [-0.1, -0.05) is 0 Å². The SMILES string of the molecule is Cl.NC1CCCN2CCCC12. The predicted molar refractivity (Wildman–Crippen MR) is 49.1 cm³/mol. The minimum atomic E-state index is 0. The van der Waals surface area contributed by atoms with E-state index in [2.05, 4.69) is 4.90 Å². The Hall–Kier alpha value is 0.210. The minimum Gasteiger partial charge on any atom is -0.326 e. The summed E-state index contributed by atoms with van der Waals surface area (Å²) in [5.41, 5.74) is 5.98. The lowest BCUT2D eigenvalue weighted by atomic mass is 9.98. The van der Waals surface area contributed by atoms with E-state index in [-0.39, 0.29) is 12.4 Å². The maximum atomic E-state index is 5.98. The number of hydrogen-bond donors (Lipinski definition) is 1. The van der Waals surface area contributed by atoms with Crippen LogP contribution in [0.25, 0.3) is 0 Å². The first-order chi connectivity index (χ1) is 4.88. The van der Waals surface area contributed by atoms with E-state index in [9.17, 15) is 0 Å². The first kappa shape index (κ1) is 9.30. The van der Waals surface area contributed by atoms with Crippen LogP contribution in [-0.2, 0) is 0 Å². The van der Waals surface area contributed by atoms with Crippen molar-refractivity contribution >= 4 is 12.4 Å². The van der Waals surface area contributed by atoms with Crippen LogP contribution in [0.1, 0.15) is 25.7 Å². The molecule has 0 radical (unpaired) electrons. The molecule has 2 aliphatic heterocycles. The van der Waals surface area contributed by atoms with Gasteiger partial charge in [-0.25, -0.2) is 0 Å². The van der Waals surface area contributed by atoms with Crippen molar-refractivity contribution in [1.82, 2.24) is 4.90 Å². The molecule has 11 heavy (non-hydrogen) atoms. The Morgan fingerprint density at radius 1 is 1.09 bits per heavy atom. The van der Waals surface area contributed by atoms with Crippen molar-refractivity contribution in [3.05, 3.63) is 0 Å². The van der Waals surface area contributed by atoms with Gasteiger partial charge in [0, 0.05) is 12.1 Å². The van der Waals surface area contributed by atoms with E-state index in [0.717, 1.165) is 6.04 Å². The molecule has 2 atom stereocenters. The van der Waals surface area contributed by atoms with E-state index in [1.807, 2.05) is 0 Å². The molecule has 2 fully saturated rings. The van der Waals surface area contributed by atoms with Gasteiger partial charge in [-0.15, -0.1) is 12.4 Å². The summed E-state index contributed by atoms with van der Waals surface area (Å²) in [6.07, 6.45) is 5.29. The Balaban J connectivity index is 0.000000605. The average molecular weight is 177 g/mol. The Kier molecular flexibility index (Phi) is 3.16. The normalized spacial score (nSPS) is 37.9. The van der Waals surface area contributed by atoms with Gasteiger partial charge in [0.05, 0.1) is 0 Å². The van der Waals surface area contributed by atoms with Crippen molar-refractivity contribution in [1.29, 1.82) is 0 Å². The molecule has 2 rings (SSSR count). The number of rotatable bonds is 0. The molecular formula is C8H17ClN2.